The van der Waals surface area contributed by atoms with Crippen LogP contribution < -0.4 is 9.47 Å². The van der Waals surface area contributed by atoms with Crippen molar-refractivity contribution >= 4 is 12.2 Å². The molecule has 0 N–H and O–H groups in total. The van der Waals surface area contributed by atoms with Crippen LogP contribution in [0.15, 0.2) is 25.3 Å². The second kappa shape index (κ2) is 6.01. The molecule has 1 aromatic rings. The summed E-state index contributed by atoms with van der Waals surface area (Å²) >= 11 is 0. The van der Waals surface area contributed by atoms with Crippen LogP contribution in [-0.4, -0.2) is 13.2 Å². The fourth-order valence-electron chi connectivity index (χ4n) is 1.55. The smallest absolute Gasteiger partial charge is 0.168 e. The second-order valence-corrected chi connectivity index (χ2v) is 3.17. The Labute approximate surface area is 97.2 Å². The van der Waals surface area contributed by atoms with Crippen molar-refractivity contribution in [3.05, 3.63) is 36.4 Å². The lowest BCUT2D eigenvalue weighted by atomic mass is 10.1. The number of rotatable bonds is 6. The summed E-state index contributed by atoms with van der Waals surface area (Å²) in [6, 6.07) is 3.86. The molecule has 0 unspecified atom stereocenters. The average Bonchev–Trinajstić information content (AvgIpc) is 2.31. The lowest BCUT2D eigenvalue weighted by Gasteiger charge is -2.15. The summed E-state index contributed by atoms with van der Waals surface area (Å²) < 4.78 is 11.1. The van der Waals surface area contributed by atoms with Gasteiger partial charge < -0.3 is 9.47 Å². The highest BCUT2D eigenvalue weighted by atomic mass is 16.5. The summed E-state index contributed by atoms with van der Waals surface area (Å²) in [6.07, 6.45) is 3.56. The molecule has 1 rings (SSSR count). The predicted molar refractivity (Wildman–Crippen MR) is 69.0 cm³/mol. The lowest BCUT2D eigenvalue weighted by molar-refractivity contribution is 0.287. The van der Waals surface area contributed by atoms with Gasteiger partial charge in [0.2, 0.25) is 0 Å². The van der Waals surface area contributed by atoms with E-state index >= 15 is 0 Å². The van der Waals surface area contributed by atoms with Crippen molar-refractivity contribution in [1.82, 2.24) is 0 Å². The van der Waals surface area contributed by atoms with E-state index in [1.165, 1.54) is 0 Å². The van der Waals surface area contributed by atoms with E-state index in [0.717, 1.165) is 22.6 Å². The Morgan fingerprint density at radius 2 is 1.75 bits per heavy atom. The Bertz CT molecular complexity index is 381. The Morgan fingerprint density at radius 3 is 2.25 bits per heavy atom. The molecular formula is C14H18O2. The maximum absolute atomic E-state index is 5.61. The van der Waals surface area contributed by atoms with Crippen molar-refractivity contribution in [3.8, 4) is 11.5 Å². The van der Waals surface area contributed by atoms with Gasteiger partial charge in [-0.15, -0.1) is 0 Å². The summed E-state index contributed by atoms with van der Waals surface area (Å²) in [6.45, 7) is 12.7. The normalized spacial score (nSPS) is 9.62. The highest BCUT2D eigenvalue weighted by molar-refractivity contribution is 5.72. The first-order valence-corrected chi connectivity index (χ1v) is 5.45. The summed E-state index contributed by atoms with van der Waals surface area (Å²) in [7, 11) is 0. The van der Waals surface area contributed by atoms with Crippen molar-refractivity contribution in [2.75, 3.05) is 13.2 Å². The zero-order chi connectivity index (χ0) is 12.0. The van der Waals surface area contributed by atoms with Gasteiger partial charge in [0.15, 0.2) is 11.5 Å². The molecule has 16 heavy (non-hydrogen) atoms. The van der Waals surface area contributed by atoms with Crippen LogP contribution in [0.4, 0.5) is 0 Å². The Morgan fingerprint density at radius 1 is 1.06 bits per heavy atom. The first-order valence-electron chi connectivity index (χ1n) is 5.45. The van der Waals surface area contributed by atoms with E-state index in [-0.39, 0.29) is 0 Å². The molecule has 86 valence electrons. The second-order valence-electron chi connectivity index (χ2n) is 3.17. The summed E-state index contributed by atoms with van der Waals surface area (Å²) in [4.78, 5) is 0. The third kappa shape index (κ3) is 2.45. The van der Waals surface area contributed by atoms with E-state index in [2.05, 4.69) is 13.2 Å². The van der Waals surface area contributed by atoms with Gasteiger partial charge in [-0.1, -0.05) is 31.4 Å². The first-order chi connectivity index (χ1) is 7.78. The van der Waals surface area contributed by atoms with Crippen molar-refractivity contribution in [2.24, 2.45) is 0 Å². The average molecular weight is 218 g/mol. The highest BCUT2D eigenvalue weighted by Gasteiger charge is 2.11. The van der Waals surface area contributed by atoms with Gasteiger partial charge in [0, 0.05) is 5.56 Å². The quantitative estimate of drug-likeness (QED) is 0.723. The molecule has 0 spiro atoms. The van der Waals surface area contributed by atoms with Crippen molar-refractivity contribution in [1.29, 1.82) is 0 Å². The summed E-state index contributed by atoms with van der Waals surface area (Å²) in [5.74, 6) is 1.50. The highest BCUT2D eigenvalue weighted by Crippen LogP contribution is 2.35. The zero-order valence-corrected chi connectivity index (χ0v) is 9.95. The minimum Gasteiger partial charge on any atom is -0.490 e. The van der Waals surface area contributed by atoms with Gasteiger partial charge in [-0.05, 0) is 25.5 Å². The standard InChI is InChI=1S/C14H18O2/c1-5-11-9-10-13(15-7-3)14(16-8-4)12(11)6-2/h5-6,9-10H,1-2,7-8H2,3-4H3. The Kier molecular flexibility index (Phi) is 4.65. The van der Waals surface area contributed by atoms with E-state index in [1.54, 1.807) is 12.2 Å². The molecule has 0 aromatic heterocycles. The van der Waals surface area contributed by atoms with Crippen LogP contribution in [0.2, 0.25) is 0 Å². The SMILES string of the molecule is C=Cc1ccc(OCC)c(OCC)c1C=C. The molecule has 0 fully saturated rings. The van der Waals surface area contributed by atoms with E-state index in [1.807, 2.05) is 26.0 Å². The van der Waals surface area contributed by atoms with Gasteiger partial charge in [0.25, 0.3) is 0 Å². The number of hydrogen-bond donors (Lipinski definition) is 0. The molecule has 0 aliphatic rings. The molecule has 0 saturated carbocycles. The maximum atomic E-state index is 5.61. The largest absolute Gasteiger partial charge is 0.490 e. The number of ether oxygens (including phenoxy) is 2. The maximum Gasteiger partial charge on any atom is 0.168 e. The van der Waals surface area contributed by atoms with Crippen LogP contribution in [0.1, 0.15) is 25.0 Å². The minimum absolute atomic E-state index is 0.599. The van der Waals surface area contributed by atoms with Gasteiger partial charge in [0.05, 0.1) is 13.2 Å². The molecule has 0 amide bonds. The van der Waals surface area contributed by atoms with E-state index in [4.69, 9.17) is 9.47 Å². The molecule has 0 aliphatic heterocycles. The summed E-state index contributed by atoms with van der Waals surface area (Å²) in [5.41, 5.74) is 1.93. The fourth-order valence-corrected chi connectivity index (χ4v) is 1.55. The molecule has 0 radical (unpaired) electrons. The molecule has 1 aromatic carbocycles. The van der Waals surface area contributed by atoms with Crippen LogP contribution in [0.25, 0.3) is 12.2 Å². The molecule has 0 heterocycles. The van der Waals surface area contributed by atoms with Crippen LogP contribution in [0.3, 0.4) is 0 Å². The topological polar surface area (TPSA) is 18.5 Å². The molecule has 2 nitrogen and oxygen atoms in total. The van der Waals surface area contributed by atoms with Gasteiger partial charge in [-0.2, -0.15) is 0 Å². The van der Waals surface area contributed by atoms with E-state index < -0.39 is 0 Å². The van der Waals surface area contributed by atoms with Crippen molar-refractivity contribution in [2.45, 2.75) is 13.8 Å². The number of benzene rings is 1. The Hall–Kier alpha value is -1.70. The molecule has 0 aliphatic carbocycles. The van der Waals surface area contributed by atoms with Gasteiger partial charge in [0.1, 0.15) is 0 Å². The predicted octanol–water partition coefficient (Wildman–Crippen LogP) is 3.77. The first kappa shape index (κ1) is 12.4. The zero-order valence-electron chi connectivity index (χ0n) is 9.95. The fraction of sp³-hybridized carbons (Fsp3) is 0.286. The van der Waals surface area contributed by atoms with E-state index in [0.29, 0.717) is 13.2 Å². The van der Waals surface area contributed by atoms with Crippen LogP contribution in [0, 0.1) is 0 Å². The molecular weight excluding hydrogens is 200 g/mol. The van der Waals surface area contributed by atoms with Crippen molar-refractivity contribution in [3.63, 3.8) is 0 Å². The monoisotopic (exact) mass is 218 g/mol. The molecule has 0 atom stereocenters. The van der Waals surface area contributed by atoms with Crippen LogP contribution in [0.5, 0.6) is 11.5 Å². The number of hydrogen-bond acceptors (Lipinski definition) is 2. The minimum atomic E-state index is 0.599. The molecule has 2 heteroatoms. The van der Waals surface area contributed by atoms with Gasteiger partial charge >= 0.3 is 0 Å². The molecule has 0 bridgehead atoms. The van der Waals surface area contributed by atoms with Gasteiger partial charge in [-0.25, -0.2) is 0 Å². The molecule has 0 saturated heterocycles. The van der Waals surface area contributed by atoms with Crippen LogP contribution in [-0.2, 0) is 0 Å². The summed E-state index contributed by atoms with van der Waals surface area (Å²) in [5, 5.41) is 0. The van der Waals surface area contributed by atoms with Crippen molar-refractivity contribution < 1.29 is 9.47 Å². The third-order valence-corrected chi connectivity index (χ3v) is 2.21. The van der Waals surface area contributed by atoms with Crippen LogP contribution >= 0.6 is 0 Å². The van der Waals surface area contributed by atoms with Gasteiger partial charge in [-0.3, -0.25) is 0 Å². The Balaban J connectivity index is 3.30. The third-order valence-electron chi connectivity index (χ3n) is 2.21. The van der Waals surface area contributed by atoms with E-state index in [9.17, 15) is 0 Å². The lowest BCUT2D eigenvalue weighted by Crippen LogP contribution is -2.01.